The van der Waals surface area contributed by atoms with E-state index in [0.717, 1.165) is 0 Å². The van der Waals surface area contributed by atoms with E-state index in [4.69, 9.17) is 5.11 Å². The molecule has 1 aliphatic rings. The van der Waals surface area contributed by atoms with Crippen LogP contribution in [0.2, 0.25) is 0 Å². The van der Waals surface area contributed by atoms with Crippen LogP contribution < -0.4 is 10.6 Å². The summed E-state index contributed by atoms with van der Waals surface area (Å²) in [6.07, 6.45) is 0. The van der Waals surface area contributed by atoms with Crippen molar-refractivity contribution in [2.75, 3.05) is 10.6 Å². The Morgan fingerprint density at radius 1 is 1.41 bits per heavy atom. The zero-order chi connectivity index (χ0) is 12.6. The predicted molar refractivity (Wildman–Crippen MR) is 64.3 cm³/mol. The molecule has 0 radical (unpaired) electrons. The molecular weight excluding hydrogens is 220 g/mol. The van der Waals surface area contributed by atoms with Gasteiger partial charge in [-0.05, 0) is 18.1 Å². The standard InChI is InChI=1S/C12H14N2O3/c1-6(2)9-11(15)14-10-7(12(16)17)4-3-5-8(10)13-9/h3-6,9,13H,1-2H3,(H,14,15)(H,16,17). The van der Waals surface area contributed by atoms with E-state index in [-0.39, 0.29) is 23.4 Å². The molecule has 1 unspecified atom stereocenters. The van der Waals surface area contributed by atoms with Crippen LogP contribution in [-0.2, 0) is 4.79 Å². The first-order chi connectivity index (χ1) is 8.00. The number of carboxylic acid groups (broad SMARTS) is 1. The zero-order valence-electron chi connectivity index (χ0n) is 9.65. The van der Waals surface area contributed by atoms with Gasteiger partial charge in [0.05, 0.1) is 16.9 Å². The van der Waals surface area contributed by atoms with E-state index in [9.17, 15) is 9.59 Å². The van der Waals surface area contributed by atoms with Gasteiger partial charge in [0, 0.05) is 0 Å². The lowest BCUT2D eigenvalue weighted by Crippen LogP contribution is -2.42. The first kappa shape index (κ1) is 11.4. The van der Waals surface area contributed by atoms with Gasteiger partial charge < -0.3 is 15.7 Å². The van der Waals surface area contributed by atoms with E-state index in [1.807, 2.05) is 13.8 Å². The molecule has 1 aromatic carbocycles. The van der Waals surface area contributed by atoms with Crippen LogP contribution in [0.5, 0.6) is 0 Å². The fourth-order valence-electron chi connectivity index (χ4n) is 1.89. The van der Waals surface area contributed by atoms with Crippen molar-refractivity contribution in [3.63, 3.8) is 0 Å². The van der Waals surface area contributed by atoms with Crippen LogP contribution in [0.15, 0.2) is 18.2 Å². The number of hydrogen-bond acceptors (Lipinski definition) is 3. The number of amides is 1. The van der Waals surface area contributed by atoms with Gasteiger partial charge in [-0.25, -0.2) is 4.79 Å². The molecule has 1 atom stereocenters. The number of rotatable bonds is 2. The molecule has 2 rings (SSSR count). The van der Waals surface area contributed by atoms with Gasteiger partial charge in [-0.2, -0.15) is 0 Å². The van der Waals surface area contributed by atoms with Crippen molar-refractivity contribution in [1.82, 2.24) is 0 Å². The van der Waals surface area contributed by atoms with E-state index < -0.39 is 5.97 Å². The second-order valence-electron chi connectivity index (χ2n) is 4.39. The topological polar surface area (TPSA) is 78.4 Å². The van der Waals surface area contributed by atoms with Gasteiger partial charge in [-0.1, -0.05) is 19.9 Å². The smallest absolute Gasteiger partial charge is 0.337 e. The summed E-state index contributed by atoms with van der Waals surface area (Å²) in [6, 6.07) is 4.56. The average Bonchev–Trinajstić information content (AvgIpc) is 2.26. The molecule has 0 saturated heterocycles. The first-order valence-electron chi connectivity index (χ1n) is 5.44. The molecule has 90 valence electrons. The molecule has 1 heterocycles. The van der Waals surface area contributed by atoms with Crippen molar-refractivity contribution in [1.29, 1.82) is 0 Å². The van der Waals surface area contributed by atoms with Crippen LogP contribution >= 0.6 is 0 Å². The Bertz CT molecular complexity index is 483. The van der Waals surface area contributed by atoms with Gasteiger partial charge in [0.25, 0.3) is 0 Å². The Hall–Kier alpha value is -2.04. The number of nitrogens with one attached hydrogen (secondary N) is 2. The Balaban J connectivity index is 2.44. The van der Waals surface area contributed by atoms with Crippen molar-refractivity contribution in [2.24, 2.45) is 5.92 Å². The van der Waals surface area contributed by atoms with E-state index >= 15 is 0 Å². The minimum atomic E-state index is -1.05. The van der Waals surface area contributed by atoms with Crippen molar-refractivity contribution in [2.45, 2.75) is 19.9 Å². The summed E-state index contributed by atoms with van der Waals surface area (Å²) in [6.45, 7) is 3.87. The molecule has 0 fully saturated rings. The van der Waals surface area contributed by atoms with Crippen molar-refractivity contribution < 1.29 is 14.7 Å². The predicted octanol–water partition coefficient (Wildman–Crippen LogP) is 1.77. The molecule has 0 bridgehead atoms. The summed E-state index contributed by atoms with van der Waals surface area (Å²) >= 11 is 0. The third-order valence-corrected chi connectivity index (χ3v) is 2.80. The highest BCUT2D eigenvalue weighted by Gasteiger charge is 2.30. The summed E-state index contributed by atoms with van der Waals surface area (Å²) in [5.41, 5.74) is 1.11. The molecule has 0 aliphatic carbocycles. The van der Waals surface area contributed by atoms with Crippen LogP contribution in [0, 0.1) is 5.92 Å². The van der Waals surface area contributed by atoms with E-state index in [2.05, 4.69) is 10.6 Å². The number of hydrogen-bond donors (Lipinski definition) is 3. The van der Waals surface area contributed by atoms with Gasteiger partial charge in [-0.3, -0.25) is 4.79 Å². The third-order valence-electron chi connectivity index (χ3n) is 2.80. The van der Waals surface area contributed by atoms with Gasteiger partial charge in [0.1, 0.15) is 6.04 Å². The number of aromatic carboxylic acids is 1. The maximum absolute atomic E-state index is 11.8. The fourth-order valence-corrected chi connectivity index (χ4v) is 1.89. The minimum Gasteiger partial charge on any atom is -0.478 e. The highest BCUT2D eigenvalue weighted by molar-refractivity contribution is 6.09. The Morgan fingerprint density at radius 2 is 2.12 bits per heavy atom. The van der Waals surface area contributed by atoms with Gasteiger partial charge in [0.15, 0.2) is 0 Å². The van der Waals surface area contributed by atoms with Crippen LogP contribution in [0.1, 0.15) is 24.2 Å². The van der Waals surface area contributed by atoms with E-state index in [0.29, 0.717) is 11.4 Å². The highest BCUT2D eigenvalue weighted by atomic mass is 16.4. The lowest BCUT2D eigenvalue weighted by Gasteiger charge is -2.29. The molecular formula is C12H14N2O3. The fraction of sp³-hybridized carbons (Fsp3) is 0.333. The Morgan fingerprint density at radius 3 is 2.71 bits per heavy atom. The second-order valence-corrected chi connectivity index (χ2v) is 4.39. The number of anilines is 2. The quantitative estimate of drug-likeness (QED) is 0.728. The minimum absolute atomic E-state index is 0.102. The number of fused-ring (bicyclic) bond motifs is 1. The van der Waals surface area contributed by atoms with E-state index in [1.165, 1.54) is 6.07 Å². The maximum atomic E-state index is 11.8. The number of carboxylic acids is 1. The molecule has 17 heavy (non-hydrogen) atoms. The molecule has 1 aromatic rings. The van der Waals surface area contributed by atoms with E-state index in [1.54, 1.807) is 12.1 Å². The van der Waals surface area contributed by atoms with Crippen molar-refractivity contribution >= 4 is 23.3 Å². The average molecular weight is 234 g/mol. The molecule has 1 aliphatic heterocycles. The van der Waals surface area contributed by atoms with Crippen molar-refractivity contribution in [3.8, 4) is 0 Å². The lowest BCUT2D eigenvalue weighted by molar-refractivity contribution is -0.117. The Labute approximate surface area is 98.8 Å². The third kappa shape index (κ3) is 1.95. The van der Waals surface area contributed by atoms with Gasteiger partial charge >= 0.3 is 5.97 Å². The number of carbonyl (C=O) groups excluding carboxylic acids is 1. The molecule has 0 aromatic heterocycles. The normalized spacial score (nSPS) is 18.3. The Kier molecular flexibility index (Phi) is 2.75. The van der Waals surface area contributed by atoms with Crippen molar-refractivity contribution in [3.05, 3.63) is 23.8 Å². The van der Waals surface area contributed by atoms with Crippen LogP contribution in [0.4, 0.5) is 11.4 Å². The molecule has 1 amide bonds. The lowest BCUT2D eigenvalue weighted by atomic mass is 9.99. The zero-order valence-corrected chi connectivity index (χ0v) is 9.65. The monoisotopic (exact) mass is 234 g/mol. The summed E-state index contributed by atoms with van der Waals surface area (Å²) in [5, 5.41) is 14.7. The second kappa shape index (κ2) is 4.08. The molecule has 3 N–H and O–H groups in total. The number of para-hydroxylation sites is 1. The molecule has 5 nitrogen and oxygen atoms in total. The van der Waals surface area contributed by atoms with Gasteiger partial charge in [-0.15, -0.1) is 0 Å². The highest BCUT2D eigenvalue weighted by Crippen LogP contribution is 2.31. The molecule has 5 heteroatoms. The number of benzene rings is 1. The summed E-state index contributed by atoms with van der Waals surface area (Å²) in [7, 11) is 0. The first-order valence-corrected chi connectivity index (χ1v) is 5.44. The summed E-state index contributed by atoms with van der Waals surface area (Å²) < 4.78 is 0. The van der Waals surface area contributed by atoms with Crippen LogP contribution in [0.3, 0.4) is 0 Å². The van der Waals surface area contributed by atoms with Crippen LogP contribution in [0.25, 0.3) is 0 Å². The molecule has 0 saturated carbocycles. The molecule has 0 spiro atoms. The maximum Gasteiger partial charge on any atom is 0.337 e. The van der Waals surface area contributed by atoms with Crippen LogP contribution in [-0.4, -0.2) is 23.0 Å². The largest absolute Gasteiger partial charge is 0.478 e. The van der Waals surface area contributed by atoms with Gasteiger partial charge in [0.2, 0.25) is 5.91 Å². The number of carbonyl (C=O) groups is 2. The SMILES string of the molecule is CC(C)C1Nc2cccc(C(=O)O)c2NC1=O. The summed E-state index contributed by atoms with van der Waals surface area (Å²) in [5.74, 6) is -1.11. The summed E-state index contributed by atoms with van der Waals surface area (Å²) in [4.78, 5) is 22.8.